The summed E-state index contributed by atoms with van der Waals surface area (Å²) in [7, 11) is 1.59. The van der Waals surface area contributed by atoms with Gasteiger partial charge in [-0.25, -0.2) is 10.4 Å². The van der Waals surface area contributed by atoms with E-state index in [4.69, 9.17) is 14.5 Å². The second-order valence-corrected chi connectivity index (χ2v) is 8.34. The van der Waals surface area contributed by atoms with Crippen LogP contribution >= 0.6 is 22.6 Å². The molecule has 0 aliphatic carbocycles. The number of pyridine rings is 1. The number of ether oxygens (including phenoxy) is 2. The second kappa shape index (κ2) is 10.4. The van der Waals surface area contributed by atoms with Crippen molar-refractivity contribution in [1.29, 1.82) is 0 Å². The highest BCUT2D eigenvalue weighted by Crippen LogP contribution is 2.32. The van der Waals surface area contributed by atoms with Gasteiger partial charge in [0.05, 0.1) is 36.7 Å². The first-order valence-electron chi connectivity index (χ1n) is 10.4. The molecule has 3 aromatic carbocycles. The highest BCUT2D eigenvalue weighted by molar-refractivity contribution is 14.1. The van der Waals surface area contributed by atoms with Crippen molar-refractivity contribution in [1.82, 2.24) is 10.4 Å². The van der Waals surface area contributed by atoms with Crippen LogP contribution in [0.5, 0.6) is 11.5 Å². The van der Waals surface area contributed by atoms with Gasteiger partial charge in [0.15, 0.2) is 11.5 Å². The fourth-order valence-electron chi connectivity index (χ4n) is 3.48. The van der Waals surface area contributed by atoms with Crippen molar-refractivity contribution in [3.63, 3.8) is 0 Å². The molecule has 0 saturated heterocycles. The summed E-state index contributed by atoms with van der Waals surface area (Å²) in [4.78, 5) is 17.9. The van der Waals surface area contributed by atoms with Crippen LogP contribution in [0.25, 0.3) is 22.2 Å². The van der Waals surface area contributed by atoms with Crippen molar-refractivity contribution >= 4 is 45.6 Å². The van der Waals surface area contributed by atoms with Gasteiger partial charge >= 0.3 is 0 Å². The maximum Gasteiger partial charge on any atom is 0.272 e. The van der Waals surface area contributed by atoms with Gasteiger partial charge in [0, 0.05) is 20.1 Å². The Morgan fingerprint density at radius 3 is 2.61 bits per heavy atom. The van der Waals surface area contributed by atoms with Crippen LogP contribution in [0.2, 0.25) is 0 Å². The highest BCUT2D eigenvalue weighted by Gasteiger charge is 2.14. The third kappa shape index (κ3) is 5.14. The number of nitrogens with one attached hydrogen (secondary N) is 1. The molecule has 1 amide bonds. The number of aromatic nitrogens is 1. The van der Waals surface area contributed by atoms with Gasteiger partial charge in [-0.1, -0.05) is 48.5 Å². The number of hydrogen-bond donors (Lipinski definition) is 1. The molecule has 1 heterocycles. The molecule has 0 bridgehead atoms. The van der Waals surface area contributed by atoms with Crippen LogP contribution in [0.3, 0.4) is 0 Å². The van der Waals surface area contributed by atoms with E-state index in [0.29, 0.717) is 29.2 Å². The maximum absolute atomic E-state index is 13.1. The largest absolute Gasteiger partial charge is 0.493 e. The molecule has 6 nitrogen and oxygen atoms in total. The maximum atomic E-state index is 13.1. The molecule has 1 aromatic heterocycles. The summed E-state index contributed by atoms with van der Waals surface area (Å²) in [5.41, 5.74) is 6.27. The molecular formula is C26H22IN3O3. The van der Waals surface area contributed by atoms with Crippen LogP contribution in [0.1, 0.15) is 22.8 Å². The number of halogens is 1. The summed E-state index contributed by atoms with van der Waals surface area (Å²) in [5.74, 6) is 0.876. The van der Waals surface area contributed by atoms with E-state index in [2.05, 4.69) is 33.1 Å². The molecule has 4 aromatic rings. The zero-order valence-electron chi connectivity index (χ0n) is 18.2. The van der Waals surface area contributed by atoms with Gasteiger partial charge < -0.3 is 9.47 Å². The van der Waals surface area contributed by atoms with Crippen LogP contribution in [0, 0.1) is 3.57 Å². The van der Waals surface area contributed by atoms with E-state index < -0.39 is 0 Å². The fourth-order valence-corrected chi connectivity index (χ4v) is 4.09. The Kier molecular flexibility index (Phi) is 7.19. The molecule has 0 atom stereocenters. The van der Waals surface area contributed by atoms with Crippen molar-refractivity contribution in [3.05, 3.63) is 87.5 Å². The van der Waals surface area contributed by atoms with E-state index in [-0.39, 0.29) is 5.91 Å². The molecule has 1 N–H and O–H groups in total. The van der Waals surface area contributed by atoms with Gasteiger partial charge in [0.1, 0.15) is 0 Å². The molecule has 0 fully saturated rings. The summed E-state index contributed by atoms with van der Waals surface area (Å²) in [5, 5.41) is 4.96. The lowest BCUT2D eigenvalue weighted by atomic mass is 10.0. The molecule has 33 heavy (non-hydrogen) atoms. The summed E-state index contributed by atoms with van der Waals surface area (Å²) < 4.78 is 12.1. The van der Waals surface area contributed by atoms with E-state index in [1.54, 1.807) is 19.4 Å². The number of hydrogen-bond acceptors (Lipinski definition) is 5. The van der Waals surface area contributed by atoms with Crippen molar-refractivity contribution in [2.24, 2.45) is 5.10 Å². The Labute approximate surface area is 205 Å². The summed E-state index contributed by atoms with van der Waals surface area (Å²) in [6, 6.07) is 22.9. The van der Waals surface area contributed by atoms with Crippen molar-refractivity contribution in [2.75, 3.05) is 13.7 Å². The number of fused-ring (bicyclic) bond motifs is 1. The minimum absolute atomic E-state index is 0.322. The quantitative estimate of drug-likeness (QED) is 0.182. The van der Waals surface area contributed by atoms with Crippen molar-refractivity contribution in [2.45, 2.75) is 6.92 Å². The predicted octanol–water partition coefficient (Wildman–Crippen LogP) is 5.68. The van der Waals surface area contributed by atoms with Gasteiger partial charge in [-0.2, -0.15) is 5.10 Å². The molecule has 0 radical (unpaired) electrons. The first-order valence-corrected chi connectivity index (χ1v) is 11.5. The lowest BCUT2D eigenvalue weighted by Crippen LogP contribution is -2.18. The molecule has 0 saturated carbocycles. The molecule has 7 heteroatoms. The molecule has 0 aliphatic heterocycles. The summed E-state index contributed by atoms with van der Waals surface area (Å²) in [6.07, 6.45) is 1.56. The third-order valence-corrected chi connectivity index (χ3v) is 5.58. The Morgan fingerprint density at radius 2 is 1.85 bits per heavy atom. The number of nitrogens with zero attached hydrogens (tertiary/aromatic N) is 2. The van der Waals surface area contributed by atoms with Crippen molar-refractivity contribution < 1.29 is 14.3 Å². The van der Waals surface area contributed by atoms with E-state index in [1.165, 1.54) is 0 Å². The Morgan fingerprint density at radius 1 is 1.09 bits per heavy atom. The average Bonchev–Trinajstić information content (AvgIpc) is 2.85. The van der Waals surface area contributed by atoms with Crippen LogP contribution in [-0.2, 0) is 0 Å². The van der Waals surface area contributed by atoms with Crippen LogP contribution < -0.4 is 14.9 Å². The Balaban J connectivity index is 1.67. The predicted molar refractivity (Wildman–Crippen MR) is 139 cm³/mol. The molecule has 166 valence electrons. The Hall–Kier alpha value is -3.46. The number of hydrazone groups is 1. The first kappa shape index (κ1) is 22.7. The first-order chi connectivity index (χ1) is 16.1. The average molecular weight is 551 g/mol. The molecule has 0 aliphatic rings. The zero-order chi connectivity index (χ0) is 23.2. The monoisotopic (exact) mass is 551 g/mol. The van der Waals surface area contributed by atoms with E-state index in [0.717, 1.165) is 25.7 Å². The lowest BCUT2D eigenvalue weighted by Gasteiger charge is -2.12. The standard InChI is InChI=1S/C26H22IN3O3/c1-3-33-25-18(13-19(27)14-24(25)32-2)16-28-30-26(31)21-15-23(17-9-5-4-6-10-17)29-22-12-8-7-11-20(21)22/h4-16H,3H2,1-2H3,(H,30,31)/b28-16-. The molecule has 0 spiro atoms. The van der Waals surface area contributed by atoms with E-state index >= 15 is 0 Å². The number of rotatable bonds is 7. The van der Waals surface area contributed by atoms with E-state index in [1.807, 2.05) is 73.7 Å². The molecule has 4 rings (SSSR count). The van der Waals surface area contributed by atoms with Gasteiger partial charge in [0.25, 0.3) is 5.91 Å². The topological polar surface area (TPSA) is 72.8 Å². The SMILES string of the molecule is CCOc1c(/C=N\NC(=O)c2cc(-c3ccccc3)nc3ccccc23)cc(I)cc1OC. The van der Waals surface area contributed by atoms with Crippen molar-refractivity contribution in [3.8, 4) is 22.8 Å². The minimum atomic E-state index is -0.322. The highest BCUT2D eigenvalue weighted by atomic mass is 127. The van der Waals surface area contributed by atoms with Crippen LogP contribution in [-0.4, -0.2) is 30.8 Å². The number of carbonyl (C=O) groups is 1. The number of amides is 1. The van der Waals surface area contributed by atoms with Crippen LogP contribution in [0.15, 0.2) is 77.9 Å². The van der Waals surface area contributed by atoms with Gasteiger partial charge in [0.2, 0.25) is 0 Å². The normalized spacial score (nSPS) is 11.0. The number of methoxy groups -OCH3 is 1. The third-order valence-electron chi connectivity index (χ3n) is 4.96. The summed E-state index contributed by atoms with van der Waals surface area (Å²) in [6.45, 7) is 2.38. The zero-order valence-corrected chi connectivity index (χ0v) is 20.4. The minimum Gasteiger partial charge on any atom is -0.493 e. The number of para-hydroxylation sites is 1. The van der Waals surface area contributed by atoms with Gasteiger partial charge in [-0.05, 0) is 53.8 Å². The van der Waals surface area contributed by atoms with Gasteiger partial charge in [-0.3, -0.25) is 4.79 Å². The summed E-state index contributed by atoms with van der Waals surface area (Å²) >= 11 is 2.20. The number of carbonyl (C=O) groups excluding carboxylic acids is 1. The second-order valence-electron chi connectivity index (χ2n) is 7.10. The van der Waals surface area contributed by atoms with E-state index in [9.17, 15) is 4.79 Å². The van der Waals surface area contributed by atoms with Crippen LogP contribution in [0.4, 0.5) is 0 Å². The fraction of sp³-hybridized carbons (Fsp3) is 0.115. The smallest absolute Gasteiger partial charge is 0.272 e. The lowest BCUT2D eigenvalue weighted by molar-refractivity contribution is 0.0956. The number of benzene rings is 3. The molecular weight excluding hydrogens is 529 g/mol. The van der Waals surface area contributed by atoms with Gasteiger partial charge in [-0.15, -0.1) is 0 Å². The molecule has 0 unspecified atom stereocenters. The Bertz CT molecular complexity index is 1320.